The van der Waals surface area contributed by atoms with Gasteiger partial charge in [-0.25, -0.2) is 0 Å². The van der Waals surface area contributed by atoms with Crippen molar-refractivity contribution in [2.24, 2.45) is 11.1 Å². The van der Waals surface area contributed by atoms with Gasteiger partial charge in [-0.15, -0.1) is 0 Å². The first-order chi connectivity index (χ1) is 8.28. The third-order valence-corrected chi connectivity index (χ3v) is 2.53. The van der Waals surface area contributed by atoms with Crippen LogP contribution in [0.3, 0.4) is 0 Å². The summed E-state index contributed by atoms with van der Waals surface area (Å²) < 4.78 is 0. The largest absolute Gasteiger partial charge is 0.508 e. The van der Waals surface area contributed by atoms with Crippen LogP contribution in [0, 0.1) is 5.41 Å². The summed E-state index contributed by atoms with van der Waals surface area (Å²) in [5.41, 5.74) is 6.63. The molecular formula is C14H22N2O2. The number of nitrogens with two attached hydrogens (primary N) is 1. The Hall–Kier alpha value is -1.55. The maximum absolute atomic E-state index is 11.8. The molecule has 0 spiro atoms. The number of benzene rings is 1. The number of carbonyl (C=O) groups is 1. The number of aromatic hydroxyl groups is 1. The van der Waals surface area contributed by atoms with Crippen LogP contribution in [-0.4, -0.2) is 23.6 Å². The van der Waals surface area contributed by atoms with E-state index in [0.29, 0.717) is 12.1 Å². The number of nitrogens with one attached hydrogen (secondary N) is 1. The summed E-state index contributed by atoms with van der Waals surface area (Å²) in [7, 11) is 0. The summed E-state index contributed by atoms with van der Waals surface area (Å²) in [5.74, 6) is -0.0182. The number of hydrogen-bond donors (Lipinski definition) is 3. The molecule has 1 atom stereocenters. The second kappa shape index (κ2) is 5.87. The van der Waals surface area contributed by atoms with Crippen LogP contribution in [0.2, 0.25) is 0 Å². The molecule has 0 saturated heterocycles. The summed E-state index contributed by atoms with van der Waals surface area (Å²) in [6, 6.07) is 6.10. The van der Waals surface area contributed by atoms with E-state index in [0.717, 1.165) is 6.42 Å². The normalized spacial score (nSPS) is 13.1. The van der Waals surface area contributed by atoms with Gasteiger partial charge in [0.05, 0.1) is 0 Å². The molecule has 4 nitrogen and oxygen atoms in total. The van der Waals surface area contributed by atoms with Gasteiger partial charge in [-0.1, -0.05) is 20.8 Å². The summed E-state index contributed by atoms with van der Waals surface area (Å²) in [6.45, 7) is 6.81. The first-order valence-electron chi connectivity index (χ1n) is 6.11. The lowest BCUT2D eigenvalue weighted by molar-refractivity contribution is 0.0948. The van der Waals surface area contributed by atoms with Crippen molar-refractivity contribution in [2.75, 3.05) is 6.54 Å². The van der Waals surface area contributed by atoms with E-state index in [9.17, 15) is 4.79 Å². The zero-order valence-electron chi connectivity index (χ0n) is 11.2. The van der Waals surface area contributed by atoms with Gasteiger partial charge in [-0.3, -0.25) is 4.79 Å². The van der Waals surface area contributed by atoms with E-state index in [1.807, 2.05) is 0 Å². The number of hydrogen-bond acceptors (Lipinski definition) is 3. The summed E-state index contributed by atoms with van der Waals surface area (Å²) in [6.07, 6.45) is 0.850. The number of rotatable bonds is 4. The SMILES string of the molecule is CC(C)(C)CC(N)CNC(=O)c1ccc(O)cc1. The minimum absolute atomic E-state index is 0.0499. The van der Waals surface area contributed by atoms with Crippen LogP contribution in [0.4, 0.5) is 0 Å². The van der Waals surface area contributed by atoms with E-state index in [-0.39, 0.29) is 23.1 Å². The van der Waals surface area contributed by atoms with Gasteiger partial charge in [-0.05, 0) is 36.1 Å². The lowest BCUT2D eigenvalue weighted by atomic mass is 9.88. The number of amides is 1. The second-order valence-corrected chi connectivity index (χ2v) is 5.78. The molecule has 4 N–H and O–H groups in total. The van der Waals surface area contributed by atoms with Crippen LogP contribution in [0.5, 0.6) is 5.75 Å². The molecule has 1 rings (SSSR count). The zero-order valence-corrected chi connectivity index (χ0v) is 11.2. The fourth-order valence-corrected chi connectivity index (χ4v) is 1.80. The van der Waals surface area contributed by atoms with E-state index >= 15 is 0 Å². The van der Waals surface area contributed by atoms with Crippen molar-refractivity contribution >= 4 is 5.91 Å². The third-order valence-electron chi connectivity index (χ3n) is 2.53. The van der Waals surface area contributed by atoms with Crippen molar-refractivity contribution in [3.8, 4) is 5.75 Å². The van der Waals surface area contributed by atoms with Gasteiger partial charge < -0.3 is 16.2 Å². The topological polar surface area (TPSA) is 75.3 Å². The van der Waals surface area contributed by atoms with Crippen LogP contribution >= 0.6 is 0 Å². The van der Waals surface area contributed by atoms with Crippen LogP contribution in [-0.2, 0) is 0 Å². The van der Waals surface area contributed by atoms with Gasteiger partial charge in [-0.2, -0.15) is 0 Å². The number of phenols is 1. The van der Waals surface area contributed by atoms with Crippen LogP contribution in [0.15, 0.2) is 24.3 Å². The number of carbonyl (C=O) groups excluding carboxylic acids is 1. The minimum Gasteiger partial charge on any atom is -0.508 e. The molecule has 18 heavy (non-hydrogen) atoms. The highest BCUT2D eigenvalue weighted by Gasteiger charge is 2.16. The van der Waals surface area contributed by atoms with E-state index in [1.165, 1.54) is 12.1 Å². The molecular weight excluding hydrogens is 228 g/mol. The van der Waals surface area contributed by atoms with Crippen LogP contribution in [0.25, 0.3) is 0 Å². The smallest absolute Gasteiger partial charge is 0.251 e. The molecule has 0 aliphatic heterocycles. The number of phenolic OH excluding ortho intramolecular Hbond substituents is 1. The van der Waals surface area contributed by atoms with Gasteiger partial charge in [0, 0.05) is 18.2 Å². The highest BCUT2D eigenvalue weighted by Crippen LogP contribution is 2.19. The van der Waals surface area contributed by atoms with Crippen LogP contribution in [0.1, 0.15) is 37.6 Å². The predicted molar refractivity (Wildman–Crippen MR) is 72.5 cm³/mol. The average molecular weight is 250 g/mol. The second-order valence-electron chi connectivity index (χ2n) is 5.78. The van der Waals surface area contributed by atoms with Gasteiger partial charge in [0.15, 0.2) is 0 Å². The molecule has 1 amide bonds. The molecule has 0 radical (unpaired) electrons. The maximum atomic E-state index is 11.8. The highest BCUT2D eigenvalue weighted by molar-refractivity contribution is 5.94. The van der Waals surface area contributed by atoms with Crippen LogP contribution < -0.4 is 11.1 Å². The van der Waals surface area contributed by atoms with Gasteiger partial charge in [0.25, 0.3) is 5.91 Å². The first kappa shape index (κ1) is 14.5. The summed E-state index contributed by atoms with van der Waals surface area (Å²) in [5, 5.41) is 11.9. The van der Waals surface area contributed by atoms with E-state index in [4.69, 9.17) is 10.8 Å². The standard InChI is InChI=1S/C14H22N2O2/c1-14(2,3)8-11(15)9-16-13(18)10-4-6-12(17)7-5-10/h4-7,11,17H,8-9,15H2,1-3H3,(H,16,18). The molecule has 0 aliphatic rings. The van der Waals surface area contributed by atoms with Crippen molar-refractivity contribution in [1.82, 2.24) is 5.32 Å². The van der Waals surface area contributed by atoms with Gasteiger partial charge in [0.1, 0.15) is 5.75 Å². The molecule has 4 heteroatoms. The van der Waals surface area contributed by atoms with Crippen molar-refractivity contribution in [2.45, 2.75) is 33.2 Å². The fourth-order valence-electron chi connectivity index (χ4n) is 1.80. The molecule has 1 unspecified atom stereocenters. The van der Waals surface area contributed by atoms with Crippen molar-refractivity contribution in [3.63, 3.8) is 0 Å². The van der Waals surface area contributed by atoms with Crippen molar-refractivity contribution in [1.29, 1.82) is 0 Å². The Bertz CT molecular complexity index is 393. The average Bonchev–Trinajstić information content (AvgIpc) is 2.24. The Morgan fingerprint density at radius 3 is 2.39 bits per heavy atom. The molecule has 1 aromatic carbocycles. The fraction of sp³-hybridized carbons (Fsp3) is 0.500. The first-order valence-corrected chi connectivity index (χ1v) is 6.11. The minimum atomic E-state index is -0.167. The lowest BCUT2D eigenvalue weighted by Gasteiger charge is -2.23. The molecule has 1 aromatic rings. The zero-order chi connectivity index (χ0) is 13.8. The highest BCUT2D eigenvalue weighted by atomic mass is 16.3. The lowest BCUT2D eigenvalue weighted by Crippen LogP contribution is -2.39. The van der Waals surface area contributed by atoms with E-state index in [1.54, 1.807) is 12.1 Å². The quantitative estimate of drug-likeness (QED) is 0.763. The molecule has 0 bridgehead atoms. The molecule has 0 saturated carbocycles. The Labute approximate surface area is 108 Å². The van der Waals surface area contributed by atoms with E-state index in [2.05, 4.69) is 26.1 Å². The van der Waals surface area contributed by atoms with Crippen molar-refractivity contribution < 1.29 is 9.90 Å². The Kier molecular flexibility index (Phi) is 4.73. The molecule has 0 aromatic heterocycles. The van der Waals surface area contributed by atoms with E-state index < -0.39 is 0 Å². The van der Waals surface area contributed by atoms with Gasteiger partial charge in [0.2, 0.25) is 0 Å². The molecule has 0 heterocycles. The Morgan fingerprint density at radius 1 is 1.33 bits per heavy atom. The molecule has 100 valence electrons. The van der Waals surface area contributed by atoms with Crippen molar-refractivity contribution in [3.05, 3.63) is 29.8 Å². The summed E-state index contributed by atoms with van der Waals surface area (Å²) >= 11 is 0. The predicted octanol–water partition coefficient (Wildman–Crippen LogP) is 1.89. The summed E-state index contributed by atoms with van der Waals surface area (Å²) in [4.78, 5) is 11.8. The Morgan fingerprint density at radius 2 is 1.89 bits per heavy atom. The Balaban J connectivity index is 2.44. The third kappa shape index (κ3) is 5.19. The molecule has 0 fully saturated rings. The molecule has 0 aliphatic carbocycles. The maximum Gasteiger partial charge on any atom is 0.251 e. The van der Waals surface area contributed by atoms with Gasteiger partial charge >= 0.3 is 0 Å². The monoisotopic (exact) mass is 250 g/mol.